The minimum absolute atomic E-state index is 0.110. The van der Waals surface area contributed by atoms with Crippen LogP contribution in [0.2, 0.25) is 0 Å². The summed E-state index contributed by atoms with van der Waals surface area (Å²) in [5.41, 5.74) is 8.87. The molecule has 1 aromatic rings. The lowest BCUT2D eigenvalue weighted by Crippen LogP contribution is -2.33. The fraction of sp³-hybridized carbons (Fsp3) is 0.462. The highest BCUT2D eigenvalue weighted by Gasteiger charge is 2.34. The van der Waals surface area contributed by atoms with E-state index >= 15 is 0 Å². The summed E-state index contributed by atoms with van der Waals surface area (Å²) in [6, 6.07) is 5.67. The summed E-state index contributed by atoms with van der Waals surface area (Å²) >= 11 is 0. The average Bonchev–Trinajstić information content (AvgIpc) is 3.03. The van der Waals surface area contributed by atoms with Crippen molar-refractivity contribution in [1.82, 2.24) is 0 Å². The van der Waals surface area contributed by atoms with Gasteiger partial charge in [0, 0.05) is 5.56 Å². The van der Waals surface area contributed by atoms with Crippen LogP contribution in [0.1, 0.15) is 34.3 Å². The molecule has 0 radical (unpaired) electrons. The standard InChI is InChI=1S/C13H17NO/c1-8-3-4-9(2)11(7-8)13(15)12(14)10-5-6-10/h3-4,7,10,12H,5-6,14H2,1-2H3. The molecule has 1 saturated carbocycles. The average molecular weight is 203 g/mol. The number of hydrogen-bond donors (Lipinski definition) is 1. The molecule has 1 fully saturated rings. The fourth-order valence-electron chi connectivity index (χ4n) is 1.85. The van der Waals surface area contributed by atoms with Gasteiger partial charge in [-0.3, -0.25) is 4.79 Å². The van der Waals surface area contributed by atoms with Gasteiger partial charge in [0.05, 0.1) is 6.04 Å². The van der Waals surface area contributed by atoms with Gasteiger partial charge in [-0.05, 0) is 44.2 Å². The Morgan fingerprint density at radius 3 is 2.67 bits per heavy atom. The molecule has 0 saturated heterocycles. The van der Waals surface area contributed by atoms with Gasteiger partial charge in [-0.25, -0.2) is 0 Å². The van der Waals surface area contributed by atoms with Gasteiger partial charge in [0.2, 0.25) is 0 Å². The van der Waals surface area contributed by atoms with E-state index in [0.717, 1.165) is 29.5 Å². The molecule has 1 unspecified atom stereocenters. The van der Waals surface area contributed by atoms with Crippen molar-refractivity contribution in [2.24, 2.45) is 11.7 Å². The van der Waals surface area contributed by atoms with Gasteiger partial charge < -0.3 is 5.73 Å². The largest absolute Gasteiger partial charge is 0.321 e. The number of hydrogen-bond acceptors (Lipinski definition) is 2. The maximum atomic E-state index is 12.1. The van der Waals surface area contributed by atoms with Gasteiger partial charge in [0.25, 0.3) is 0 Å². The van der Waals surface area contributed by atoms with Crippen LogP contribution in [0.5, 0.6) is 0 Å². The highest BCUT2D eigenvalue weighted by molar-refractivity contribution is 6.01. The topological polar surface area (TPSA) is 43.1 Å². The van der Waals surface area contributed by atoms with E-state index in [-0.39, 0.29) is 11.8 Å². The van der Waals surface area contributed by atoms with Crippen molar-refractivity contribution < 1.29 is 4.79 Å². The van der Waals surface area contributed by atoms with Crippen molar-refractivity contribution >= 4 is 5.78 Å². The molecule has 80 valence electrons. The molecule has 2 N–H and O–H groups in total. The number of ketones is 1. The van der Waals surface area contributed by atoms with Gasteiger partial charge >= 0.3 is 0 Å². The number of nitrogens with two attached hydrogens (primary N) is 1. The van der Waals surface area contributed by atoms with E-state index in [1.165, 1.54) is 0 Å². The Bertz CT molecular complexity index is 394. The first-order valence-corrected chi connectivity index (χ1v) is 5.46. The molecule has 1 aliphatic carbocycles. The lowest BCUT2D eigenvalue weighted by Gasteiger charge is -2.11. The van der Waals surface area contributed by atoms with Crippen LogP contribution >= 0.6 is 0 Å². The lowest BCUT2D eigenvalue weighted by molar-refractivity contribution is 0.0951. The van der Waals surface area contributed by atoms with Crippen molar-refractivity contribution in [3.8, 4) is 0 Å². The SMILES string of the molecule is Cc1ccc(C)c(C(=O)C(N)C2CC2)c1. The van der Waals surface area contributed by atoms with E-state index in [0.29, 0.717) is 5.92 Å². The summed E-state index contributed by atoms with van der Waals surface area (Å²) in [5.74, 6) is 0.538. The zero-order valence-corrected chi connectivity index (χ0v) is 9.29. The molecule has 0 heterocycles. The quantitative estimate of drug-likeness (QED) is 0.765. The van der Waals surface area contributed by atoms with E-state index < -0.39 is 0 Å². The number of aryl methyl sites for hydroxylation is 2. The maximum Gasteiger partial charge on any atom is 0.180 e. The number of rotatable bonds is 3. The van der Waals surface area contributed by atoms with Crippen LogP contribution in [0.3, 0.4) is 0 Å². The van der Waals surface area contributed by atoms with E-state index in [9.17, 15) is 4.79 Å². The Kier molecular flexibility index (Phi) is 2.61. The van der Waals surface area contributed by atoms with Gasteiger partial charge in [0.1, 0.15) is 0 Å². The van der Waals surface area contributed by atoms with Crippen molar-refractivity contribution in [2.75, 3.05) is 0 Å². The Hall–Kier alpha value is -1.15. The normalized spacial score (nSPS) is 17.5. The predicted molar refractivity (Wildman–Crippen MR) is 60.9 cm³/mol. The molecule has 2 nitrogen and oxygen atoms in total. The van der Waals surface area contributed by atoms with E-state index in [4.69, 9.17) is 5.73 Å². The third-order valence-electron chi connectivity index (χ3n) is 3.09. The zero-order chi connectivity index (χ0) is 11.0. The van der Waals surface area contributed by atoms with Gasteiger partial charge in [-0.15, -0.1) is 0 Å². The van der Waals surface area contributed by atoms with E-state index in [1.807, 2.05) is 32.0 Å². The number of Topliss-reactive ketones (excluding diaryl/α,β-unsaturated/α-hetero) is 1. The minimum Gasteiger partial charge on any atom is -0.321 e. The first-order valence-electron chi connectivity index (χ1n) is 5.46. The first-order chi connectivity index (χ1) is 7.09. The van der Waals surface area contributed by atoms with Crippen LogP contribution in [0, 0.1) is 19.8 Å². The van der Waals surface area contributed by atoms with Crippen molar-refractivity contribution in [3.63, 3.8) is 0 Å². The number of carbonyl (C=O) groups excluding carboxylic acids is 1. The summed E-state index contributed by atoms with van der Waals surface area (Å²) in [4.78, 5) is 12.1. The molecule has 0 bridgehead atoms. The monoisotopic (exact) mass is 203 g/mol. The molecule has 1 atom stereocenters. The third kappa shape index (κ3) is 2.10. The van der Waals surface area contributed by atoms with E-state index in [2.05, 4.69) is 0 Å². The van der Waals surface area contributed by atoms with Crippen LogP contribution in [-0.2, 0) is 0 Å². The molecule has 0 amide bonds. The van der Waals surface area contributed by atoms with Crippen LogP contribution in [0.15, 0.2) is 18.2 Å². The molecular formula is C13H17NO. The van der Waals surface area contributed by atoms with Crippen molar-refractivity contribution in [3.05, 3.63) is 34.9 Å². The highest BCUT2D eigenvalue weighted by Crippen LogP contribution is 2.33. The Morgan fingerprint density at radius 2 is 2.07 bits per heavy atom. The molecule has 0 aliphatic heterocycles. The maximum absolute atomic E-state index is 12.1. The van der Waals surface area contributed by atoms with Gasteiger partial charge in [-0.2, -0.15) is 0 Å². The molecule has 0 spiro atoms. The van der Waals surface area contributed by atoms with Crippen LogP contribution in [-0.4, -0.2) is 11.8 Å². The Balaban J connectivity index is 2.27. The molecule has 1 aromatic carbocycles. The Morgan fingerprint density at radius 1 is 1.40 bits per heavy atom. The van der Waals surface area contributed by atoms with E-state index in [1.54, 1.807) is 0 Å². The predicted octanol–water partition coefficient (Wildman–Crippen LogP) is 2.22. The van der Waals surface area contributed by atoms with Crippen LogP contribution < -0.4 is 5.73 Å². The zero-order valence-electron chi connectivity index (χ0n) is 9.29. The lowest BCUT2D eigenvalue weighted by atomic mass is 9.96. The third-order valence-corrected chi connectivity index (χ3v) is 3.09. The molecule has 1 aliphatic rings. The second kappa shape index (κ2) is 3.78. The molecule has 0 aromatic heterocycles. The second-order valence-electron chi connectivity index (χ2n) is 4.55. The first kappa shape index (κ1) is 10.4. The van der Waals surface area contributed by atoms with Crippen LogP contribution in [0.4, 0.5) is 0 Å². The van der Waals surface area contributed by atoms with Gasteiger partial charge in [0.15, 0.2) is 5.78 Å². The summed E-state index contributed by atoms with van der Waals surface area (Å²) in [6.07, 6.45) is 2.22. The van der Waals surface area contributed by atoms with Crippen molar-refractivity contribution in [1.29, 1.82) is 0 Å². The van der Waals surface area contributed by atoms with Crippen molar-refractivity contribution in [2.45, 2.75) is 32.7 Å². The minimum atomic E-state index is -0.287. The fourth-order valence-corrected chi connectivity index (χ4v) is 1.85. The number of benzene rings is 1. The second-order valence-corrected chi connectivity index (χ2v) is 4.55. The molecule has 15 heavy (non-hydrogen) atoms. The summed E-state index contributed by atoms with van der Waals surface area (Å²) in [6.45, 7) is 3.96. The molecular weight excluding hydrogens is 186 g/mol. The molecule has 2 heteroatoms. The summed E-state index contributed by atoms with van der Waals surface area (Å²) in [7, 11) is 0. The summed E-state index contributed by atoms with van der Waals surface area (Å²) in [5, 5.41) is 0. The smallest absolute Gasteiger partial charge is 0.180 e. The highest BCUT2D eigenvalue weighted by atomic mass is 16.1. The number of carbonyl (C=O) groups is 1. The van der Waals surface area contributed by atoms with Gasteiger partial charge in [-0.1, -0.05) is 17.7 Å². The van der Waals surface area contributed by atoms with Crippen LogP contribution in [0.25, 0.3) is 0 Å². The summed E-state index contributed by atoms with van der Waals surface area (Å²) < 4.78 is 0. The Labute approximate surface area is 90.5 Å². The molecule has 2 rings (SSSR count).